The minimum absolute atomic E-state index is 0.0693. The molecule has 7 nitrogen and oxygen atoms in total. The number of nitro groups is 1. The fraction of sp³-hybridized carbons (Fsp3) is 0.188. The third kappa shape index (κ3) is 2.94. The van der Waals surface area contributed by atoms with E-state index >= 15 is 0 Å². The molecule has 2 aromatic rings. The first-order valence-electron chi connectivity index (χ1n) is 7.05. The van der Waals surface area contributed by atoms with Gasteiger partial charge >= 0.3 is 5.69 Å². The van der Waals surface area contributed by atoms with Gasteiger partial charge in [-0.1, -0.05) is 12.1 Å². The zero-order valence-electron chi connectivity index (χ0n) is 12.5. The molecule has 118 valence electrons. The van der Waals surface area contributed by atoms with Crippen LogP contribution in [0.5, 0.6) is 5.75 Å². The molecule has 0 unspecified atom stereocenters. The molecule has 0 saturated heterocycles. The number of rotatable bonds is 5. The topological polar surface area (TPSA) is 93.5 Å². The summed E-state index contributed by atoms with van der Waals surface area (Å²) in [6, 6.07) is 10.4. The number of benzene rings is 2. The van der Waals surface area contributed by atoms with Gasteiger partial charge in [-0.25, -0.2) is 0 Å². The van der Waals surface area contributed by atoms with Crippen LogP contribution in [0, 0.1) is 10.1 Å². The highest BCUT2D eigenvalue weighted by Crippen LogP contribution is 2.28. The van der Waals surface area contributed by atoms with Gasteiger partial charge in [0, 0.05) is 30.4 Å². The first-order valence-corrected chi connectivity index (χ1v) is 7.05. The van der Waals surface area contributed by atoms with Crippen LogP contribution in [-0.4, -0.2) is 17.9 Å². The highest BCUT2D eigenvalue weighted by atomic mass is 16.6. The van der Waals surface area contributed by atoms with E-state index in [2.05, 4.69) is 10.6 Å². The van der Waals surface area contributed by atoms with E-state index < -0.39 is 4.92 Å². The third-order valence-electron chi connectivity index (χ3n) is 3.73. The van der Waals surface area contributed by atoms with Crippen molar-refractivity contribution >= 4 is 17.3 Å². The van der Waals surface area contributed by atoms with Crippen molar-refractivity contribution < 1.29 is 14.5 Å². The van der Waals surface area contributed by atoms with Crippen molar-refractivity contribution in [2.45, 2.75) is 13.1 Å². The van der Waals surface area contributed by atoms with E-state index in [0.29, 0.717) is 18.7 Å². The molecule has 1 amide bonds. The standard InChI is InChI=1S/C16H15N3O4/c1-23-15-5-2-10(6-14(15)19(21)22)8-17-12-4-3-11-9-18-16(20)13(11)7-12/h2-7,17H,8-9H2,1H3,(H,18,20). The summed E-state index contributed by atoms with van der Waals surface area (Å²) in [5.41, 5.74) is 3.11. The highest BCUT2D eigenvalue weighted by molar-refractivity contribution is 5.99. The van der Waals surface area contributed by atoms with E-state index in [1.165, 1.54) is 13.2 Å². The third-order valence-corrected chi connectivity index (χ3v) is 3.73. The maximum absolute atomic E-state index is 11.7. The second-order valence-electron chi connectivity index (χ2n) is 5.17. The average Bonchev–Trinajstić information content (AvgIpc) is 2.93. The Balaban J connectivity index is 1.76. The van der Waals surface area contributed by atoms with Gasteiger partial charge in [0.15, 0.2) is 5.75 Å². The smallest absolute Gasteiger partial charge is 0.311 e. The molecule has 0 saturated carbocycles. The van der Waals surface area contributed by atoms with E-state index in [9.17, 15) is 14.9 Å². The molecule has 0 aromatic heterocycles. The lowest BCUT2D eigenvalue weighted by atomic mass is 10.1. The average molecular weight is 313 g/mol. The van der Waals surface area contributed by atoms with Crippen molar-refractivity contribution in [3.63, 3.8) is 0 Å². The predicted molar refractivity (Wildman–Crippen MR) is 84.6 cm³/mol. The van der Waals surface area contributed by atoms with Crippen LogP contribution in [0.4, 0.5) is 11.4 Å². The van der Waals surface area contributed by atoms with Crippen molar-refractivity contribution in [1.82, 2.24) is 5.32 Å². The number of carbonyl (C=O) groups excluding carboxylic acids is 1. The van der Waals surface area contributed by atoms with Crippen molar-refractivity contribution in [3.8, 4) is 5.75 Å². The second kappa shape index (κ2) is 5.96. The normalized spacial score (nSPS) is 12.5. The number of fused-ring (bicyclic) bond motifs is 1. The number of anilines is 1. The number of amides is 1. The van der Waals surface area contributed by atoms with Crippen molar-refractivity contribution in [2.75, 3.05) is 12.4 Å². The van der Waals surface area contributed by atoms with Crippen molar-refractivity contribution in [2.24, 2.45) is 0 Å². The van der Waals surface area contributed by atoms with Crippen LogP contribution in [-0.2, 0) is 13.1 Å². The molecule has 0 spiro atoms. The van der Waals surface area contributed by atoms with Crippen LogP contribution in [0.25, 0.3) is 0 Å². The van der Waals surface area contributed by atoms with Crippen LogP contribution in [0.1, 0.15) is 21.5 Å². The van der Waals surface area contributed by atoms with Gasteiger partial charge < -0.3 is 15.4 Å². The van der Waals surface area contributed by atoms with Gasteiger partial charge in [0.25, 0.3) is 5.91 Å². The van der Waals surface area contributed by atoms with Gasteiger partial charge in [-0.3, -0.25) is 14.9 Å². The predicted octanol–water partition coefficient (Wildman–Crippen LogP) is 2.46. The van der Waals surface area contributed by atoms with Crippen LogP contribution in [0.15, 0.2) is 36.4 Å². The van der Waals surface area contributed by atoms with Crippen LogP contribution < -0.4 is 15.4 Å². The Labute approximate surface area is 132 Å². The van der Waals surface area contributed by atoms with E-state index in [1.54, 1.807) is 18.2 Å². The maximum Gasteiger partial charge on any atom is 0.311 e. The highest BCUT2D eigenvalue weighted by Gasteiger charge is 2.19. The number of methoxy groups -OCH3 is 1. The second-order valence-corrected chi connectivity index (χ2v) is 5.17. The summed E-state index contributed by atoms with van der Waals surface area (Å²) in [6.07, 6.45) is 0. The van der Waals surface area contributed by atoms with Crippen LogP contribution in [0.2, 0.25) is 0 Å². The van der Waals surface area contributed by atoms with Gasteiger partial charge in [-0.15, -0.1) is 0 Å². The van der Waals surface area contributed by atoms with Gasteiger partial charge in [-0.2, -0.15) is 0 Å². The molecule has 7 heteroatoms. The number of carbonyl (C=O) groups is 1. The van der Waals surface area contributed by atoms with Gasteiger partial charge in [0.1, 0.15) is 0 Å². The Morgan fingerprint density at radius 3 is 2.87 bits per heavy atom. The maximum atomic E-state index is 11.7. The first-order chi connectivity index (χ1) is 11.1. The molecule has 1 aliphatic heterocycles. The zero-order chi connectivity index (χ0) is 16.4. The van der Waals surface area contributed by atoms with Gasteiger partial charge in [-0.05, 0) is 29.3 Å². The largest absolute Gasteiger partial charge is 0.490 e. The van der Waals surface area contributed by atoms with Crippen LogP contribution >= 0.6 is 0 Å². The number of nitrogens with one attached hydrogen (secondary N) is 2. The van der Waals surface area contributed by atoms with Gasteiger partial charge in [0.2, 0.25) is 0 Å². The molecule has 23 heavy (non-hydrogen) atoms. The summed E-state index contributed by atoms with van der Waals surface area (Å²) in [5.74, 6) is 0.150. The molecular weight excluding hydrogens is 298 g/mol. The first kappa shape index (κ1) is 14.8. The summed E-state index contributed by atoms with van der Waals surface area (Å²) in [7, 11) is 1.40. The summed E-state index contributed by atoms with van der Waals surface area (Å²) < 4.78 is 4.98. The Hall–Kier alpha value is -3.09. The molecule has 3 rings (SSSR count). The molecule has 0 radical (unpaired) electrons. The molecule has 2 N–H and O–H groups in total. The van der Waals surface area contributed by atoms with E-state index in [0.717, 1.165) is 16.8 Å². The monoisotopic (exact) mass is 313 g/mol. The quantitative estimate of drug-likeness (QED) is 0.653. The molecule has 0 fully saturated rings. The summed E-state index contributed by atoms with van der Waals surface area (Å²) in [5, 5.41) is 17.0. The molecular formula is C16H15N3O4. The van der Waals surface area contributed by atoms with E-state index in [1.807, 2.05) is 12.1 Å². The van der Waals surface area contributed by atoms with E-state index in [-0.39, 0.29) is 17.3 Å². The van der Waals surface area contributed by atoms with Crippen LogP contribution in [0.3, 0.4) is 0 Å². The molecule has 0 bridgehead atoms. The Morgan fingerprint density at radius 2 is 2.13 bits per heavy atom. The Kier molecular flexibility index (Phi) is 3.84. The summed E-state index contributed by atoms with van der Waals surface area (Å²) >= 11 is 0. The minimum Gasteiger partial charge on any atom is -0.490 e. The number of hydrogen-bond donors (Lipinski definition) is 2. The summed E-state index contributed by atoms with van der Waals surface area (Å²) in [6.45, 7) is 0.963. The lowest BCUT2D eigenvalue weighted by Gasteiger charge is -2.09. The molecule has 0 atom stereocenters. The van der Waals surface area contributed by atoms with Gasteiger partial charge in [0.05, 0.1) is 12.0 Å². The van der Waals surface area contributed by atoms with Crippen molar-refractivity contribution in [1.29, 1.82) is 0 Å². The minimum atomic E-state index is -0.470. The molecule has 1 aliphatic rings. The van der Waals surface area contributed by atoms with Crippen molar-refractivity contribution in [3.05, 3.63) is 63.2 Å². The molecule has 0 aliphatic carbocycles. The zero-order valence-corrected chi connectivity index (χ0v) is 12.5. The Bertz CT molecular complexity index is 789. The number of ether oxygens (including phenoxy) is 1. The number of hydrogen-bond acceptors (Lipinski definition) is 5. The SMILES string of the molecule is COc1ccc(CNc2ccc3c(c2)C(=O)NC3)cc1[N+](=O)[O-]. The Morgan fingerprint density at radius 1 is 1.30 bits per heavy atom. The molecule has 1 heterocycles. The fourth-order valence-electron chi connectivity index (χ4n) is 2.51. The van der Waals surface area contributed by atoms with E-state index in [4.69, 9.17) is 4.74 Å². The fourth-order valence-corrected chi connectivity index (χ4v) is 2.51. The summed E-state index contributed by atoms with van der Waals surface area (Å²) in [4.78, 5) is 22.2. The molecule has 2 aromatic carbocycles. The number of nitro benzene ring substituents is 1. The number of nitrogens with zero attached hydrogens (tertiary/aromatic N) is 1. The lowest BCUT2D eigenvalue weighted by molar-refractivity contribution is -0.385. The lowest BCUT2D eigenvalue weighted by Crippen LogP contribution is -2.12.